The largest absolute Gasteiger partial charge is 0.0883 e. The van der Waals surface area contributed by atoms with E-state index in [9.17, 15) is 0 Å². The van der Waals surface area contributed by atoms with E-state index in [1.54, 1.807) is 0 Å². The van der Waals surface area contributed by atoms with E-state index in [1.807, 2.05) is 0 Å². The third-order valence-electron chi connectivity index (χ3n) is 3.13. The van der Waals surface area contributed by atoms with Crippen LogP contribution in [0.15, 0.2) is 12.2 Å². The molecule has 0 saturated heterocycles. The third kappa shape index (κ3) is 5.13. The highest BCUT2D eigenvalue weighted by molar-refractivity contribution is 4.88. The predicted octanol–water partition coefficient (Wildman–Crippen LogP) is 4.70. The van der Waals surface area contributed by atoms with Gasteiger partial charge in [0.1, 0.15) is 0 Å². The van der Waals surface area contributed by atoms with Gasteiger partial charge in [-0.2, -0.15) is 0 Å². The van der Waals surface area contributed by atoms with Gasteiger partial charge < -0.3 is 0 Å². The zero-order chi connectivity index (χ0) is 9.36. The second-order valence-electron chi connectivity index (χ2n) is 4.30. The van der Waals surface area contributed by atoms with E-state index in [2.05, 4.69) is 19.1 Å². The molecule has 1 atom stereocenters. The maximum absolute atomic E-state index is 2.46. The summed E-state index contributed by atoms with van der Waals surface area (Å²) in [5.74, 6) is 0.873. The van der Waals surface area contributed by atoms with Gasteiger partial charge in [-0.1, -0.05) is 51.2 Å². The number of allylic oxidation sites excluding steroid dienone is 2. The van der Waals surface area contributed by atoms with Crippen molar-refractivity contribution < 1.29 is 0 Å². The molecule has 0 bridgehead atoms. The Morgan fingerprint density at radius 1 is 1.00 bits per heavy atom. The molecule has 0 heterocycles. The van der Waals surface area contributed by atoms with E-state index in [0.717, 1.165) is 5.92 Å². The molecule has 0 fully saturated rings. The summed E-state index contributed by atoms with van der Waals surface area (Å²) >= 11 is 0. The first-order valence-corrected chi connectivity index (χ1v) is 6.10. The van der Waals surface area contributed by atoms with Gasteiger partial charge in [0.25, 0.3) is 0 Å². The van der Waals surface area contributed by atoms with Crippen molar-refractivity contribution in [3.63, 3.8) is 0 Å². The summed E-state index contributed by atoms with van der Waals surface area (Å²) in [7, 11) is 0. The Balaban J connectivity index is 2.29. The summed E-state index contributed by atoms with van der Waals surface area (Å²) in [6.45, 7) is 2.31. The average Bonchev–Trinajstić information content (AvgIpc) is 2.22. The van der Waals surface area contributed by atoms with Gasteiger partial charge in [0, 0.05) is 0 Å². The molecule has 1 aliphatic rings. The normalized spacial score (nSPS) is 29.2. The molecule has 0 radical (unpaired) electrons. The van der Waals surface area contributed by atoms with Crippen molar-refractivity contribution in [2.24, 2.45) is 5.92 Å². The van der Waals surface area contributed by atoms with Crippen LogP contribution in [-0.4, -0.2) is 0 Å². The molecule has 0 aromatic rings. The Morgan fingerprint density at radius 2 is 1.69 bits per heavy atom. The molecule has 0 amide bonds. The van der Waals surface area contributed by atoms with E-state index in [1.165, 1.54) is 57.8 Å². The van der Waals surface area contributed by atoms with E-state index in [0.29, 0.717) is 0 Å². The van der Waals surface area contributed by atoms with Gasteiger partial charge in [-0.05, 0) is 31.6 Å². The Hall–Kier alpha value is -0.260. The monoisotopic (exact) mass is 180 g/mol. The second kappa shape index (κ2) is 7.17. The molecule has 76 valence electrons. The minimum absolute atomic E-state index is 0.873. The van der Waals surface area contributed by atoms with E-state index < -0.39 is 0 Å². The fraction of sp³-hybridized carbons (Fsp3) is 0.846. The van der Waals surface area contributed by atoms with Gasteiger partial charge in [0.15, 0.2) is 0 Å². The van der Waals surface area contributed by atoms with Crippen molar-refractivity contribution in [1.29, 1.82) is 0 Å². The summed E-state index contributed by atoms with van der Waals surface area (Å²) in [4.78, 5) is 0. The van der Waals surface area contributed by atoms with Crippen LogP contribution in [0.1, 0.15) is 64.7 Å². The Labute approximate surface area is 83.4 Å². The number of hydrogen-bond donors (Lipinski definition) is 0. The Kier molecular flexibility index (Phi) is 5.97. The molecule has 13 heavy (non-hydrogen) atoms. The lowest BCUT2D eigenvalue weighted by atomic mass is 9.98. The molecule has 0 aromatic heterocycles. The van der Waals surface area contributed by atoms with Crippen molar-refractivity contribution >= 4 is 0 Å². The van der Waals surface area contributed by atoms with Gasteiger partial charge in [-0.25, -0.2) is 0 Å². The summed E-state index contributed by atoms with van der Waals surface area (Å²) in [5, 5.41) is 0. The van der Waals surface area contributed by atoms with Crippen LogP contribution in [0, 0.1) is 5.92 Å². The van der Waals surface area contributed by atoms with Gasteiger partial charge >= 0.3 is 0 Å². The lowest BCUT2D eigenvalue weighted by Crippen LogP contribution is -1.93. The molecule has 1 unspecified atom stereocenters. The van der Waals surface area contributed by atoms with Crippen LogP contribution in [0.25, 0.3) is 0 Å². The molecular weight excluding hydrogens is 156 g/mol. The first-order chi connectivity index (χ1) is 6.43. The third-order valence-corrected chi connectivity index (χ3v) is 3.13. The number of hydrogen-bond acceptors (Lipinski definition) is 0. The number of rotatable bonds is 1. The zero-order valence-electron chi connectivity index (χ0n) is 9.10. The van der Waals surface area contributed by atoms with Crippen LogP contribution in [-0.2, 0) is 0 Å². The summed E-state index contributed by atoms with van der Waals surface area (Å²) < 4.78 is 0. The molecular formula is C13H24. The molecule has 0 nitrogen and oxygen atoms in total. The molecule has 0 spiro atoms. The van der Waals surface area contributed by atoms with Crippen LogP contribution >= 0.6 is 0 Å². The van der Waals surface area contributed by atoms with Crippen LogP contribution in [0.4, 0.5) is 0 Å². The van der Waals surface area contributed by atoms with Gasteiger partial charge in [-0.3, -0.25) is 0 Å². The maximum Gasteiger partial charge on any atom is -0.0236 e. The average molecular weight is 180 g/mol. The molecule has 1 rings (SSSR count). The molecule has 0 aromatic carbocycles. The minimum Gasteiger partial charge on any atom is -0.0883 e. The van der Waals surface area contributed by atoms with Crippen LogP contribution < -0.4 is 0 Å². The topological polar surface area (TPSA) is 0 Å². The molecule has 0 heteroatoms. The molecule has 0 N–H and O–H groups in total. The fourth-order valence-electron chi connectivity index (χ4n) is 2.10. The molecule has 0 aliphatic heterocycles. The lowest BCUT2D eigenvalue weighted by molar-refractivity contribution is 0.512. The van der Waals surface area contributed by atoms with Crippen LogP contribution in [0.2, 0.25) is 0 Å². The molecule has 1 aliphatic carbocycles. The van der Waals surface area contributed by atoms with E-state index in [-0.39, 0.29) is 0 Å². The summed E-state index contributed by atoms with van der Waals surface area (Å²) in [5.41, 5.74) is 0. The highest BCUT2D eigenvalue weighted by Crippen LogP contribution is 2.18. The quantitative estimate of drug-likeness (QED) is 0.513. The maximum atomic E-state index is 2.46. The second-order valence-corrected chi connectivity index (χ2v) is 4.30. The fourth-order valence-corrected chi connectivity index (χ4v) is 2.10. The highest BCUT2D eigenvalue weighted by Gasteiger charge is 2.02. The first kappa shape index (κ1) is 10.8. The Bertz CT molecular complexity index is 135. The standard InChI is InChI=1S/C13H24/c1-2-13-11-9-7-5-3-4-6-8-10-12-13/h9,11,13H,2-8,10,12H2,1H3/b11-9-. The van der Waals surface area contributed by atoms with E-state index in [4.69, 9.17) is 0 Å². The molecule has 0 saturated carbocycles. The van der Waals surface area contributed by atoms with Crippen LogP contribution in [0.5, 0.6) is 0 Å². The minimum atomic E-state index is 0.873. The van der Waals surface area contributed by atoms with Crippen molar-refractivity contribution in [3.05, 3.63) is 12.2 Å². The van der Waals surface area contributed by atoms with Crippen LogP contribution in [0.3, 0.4) is 0 Å². The van der Waals surface area contributed by atoms with Crippen molar-refractivity contribution in [3.8, 4) is 0 Å². The lowest BCUT2D eigenvalue weighted by Gasteiger charge is -2.08. The van der Waals surface area contributed by atoms with Gasteiger partial charge in [-0.15, -0.1) is 0 Å². The SMILES string of the molecule is CCC1/C=C\CCCCCCCC1. The smallest absolute Gasteiger partial charge is 0.0236 e. The van der Waals surface area contributed by atoms with Gasteiger partial charge in [0.05, 0.1) is 0 Å². The van der Waals surface area contributed by atoms with E-state index >= 15 is 0 Å². The zero-order valence-corrected chi connectivity index (χ0v) is 9.10. The van der Waals surface area contributed by atoms with Crippen molar-refractivity contribution in [1.82, 2.24) is 0 Å². The summed E-state index contributed by atoms with van der Waals surface area (Å²) in [6.07, 6.45) is 17.6. The first-order valence-electron chi connectivity index (χ1n) is 6.10. The predicted molar refractivity (Wildman–Crippen MR) is 59.9 cm³/mol. The Morgan fingerprint density at radius 3 is 2.46 bits per heavy atom. The van der Waals surface area contributed by atoms with Gasteiger partial charge in [0.2, 0.25) is 0 Å². The summed E-state index contributed by atoms with van der Waals surface area (Å²) in [6, 6.07) is 0. The van der Waals surface area contributed by atoms with Crippen molar-refractivity contribution in [2.75, 3.05) is 0 Å². The highest BCUT2D eigenvalue weighted by atomic mass is 14.1. The van der Waals surface area contributed by atoms with Crippen molar-refractivity contribution in [2.45, 2.75) is 64.7 Å².